The van der Waals surface area contributed by atoms with Gasteiger partial charge in [0.1, 0.15) is 6.10 Å². The highest BCUT2D eigenvalue weighted by Gasteiger charge is 2.25. The summed E-state index contributed by atoms with van der Waals surface area (Å²) in [7, 11) is -4.28. The highest BCUT2D eigenvalue weighted by atomic mass is 31.2. The molecule has 2 atom stereocenters. The lowest BCUT2D eigenvalue weighted by molar-refractivity contribution is -0.154. The molecule has 0 saturated heterocycles. The zero-order valence-electron chi connectivity index (χ0n) is 38.0. The molecule has 0 saturated carbocycles. The van der Waals surface area contributed by atoms with E-state index in [1.807, 2.05) is 0 Å². The quantitative estimate of drug-likeness (QED) is 0.0269. The molecule has 0 aliphatic heterocycles. The van der Waals surface area contributed by atoms with Crippen molar-refractivity contribution in [2.45, 2.75) is 238 Å². The first-order valence-electron chi connectivity index (χ1n) is 24.5. The third-order valence-corrected chi connectivity index (χ3v) is 11.6. The van der Waals surface area contributed by atoms with Crippen LogP contribution in [0.15, 0.2) is 36.5 Å². The standard InChI is InChI=1S/C49H94NO7P/c1-3-5-7-9-11-13-15-17-19-20-21-22-23-24-25-26-27-29-31-33-35-37-39-41-44-54-46-48(47-56-58(52,53)55-45-43-50)57-49(51)42-40-38-36-34-32-30-28-18-16-14-12-10-8-6-4-2/h6,8,12,14,18,28,48H,3-5,7,9-11,13,15-17,19-27,29-47,50H2,1-2H3,(H,52,53)/b8-6-,14-12-,28-18-. The van der Waals surface area contributed by atoms with Crippen molar-refractivity contribution in [1.29, 1.82) is 0 Å². The Morgan fingerprint density at radius 3 is 1.45 bits per heavy atom. The van der Waals surface area contributed by atoms with Crippen molar-refractivity contribution in [3.63, 3.8) is 0 Å². The van der Waals surface area contributed by atoms with Gasteiger partial charge in [-0.25, -0.2) is 4.57 Å². The number of phosphoric ester groups is 1. The van der Waals surface area contributed by atoms with Gasteiger partial charge in [-0.05, 0) is 44.9 Å². The van der Waals surface area contributed by atoms with Gasteiger partial charge < -0.3 is 20.1 Å². The van der Waals surface area contributed by atoms with Crippen LogP contribution in [0, 0.1) is 0 Å². The number of ether oxygens (including phenoxy) is 2. The Labute approximate surface area is 358 Å². The summed E-state index contributed by atoms with van der Waals surface area (Å²) in [5, 5.41) is 0. The molecule has 0 aliphatic carbocycles. The monoisotopic (exact) mass is 840 g/mol. The minimum absolute atomic E-state index is 0.0980. The number of nitrogens with two attached hydrogens (primary N) is 1. The summed E-state index contributed by atoms with van der Waals surface area (Å²) in [5.41, 5.74) is 5.38. The van der Waals surface area contributed by atoms with Crippen LogP contribution in [0.1, 0.15) is 232 Å². The molecule has 0 amide bonds. The molecular weight excluding hydrogens is 746 g/mol. The van der Waals surface area contributed by atoms with Gasteiger partial charge in [0.25, 0.3) is 0 Å². The van der Waals surface area contributed by atoms with Crippen LogP contribution in [-0.4, -0.2) is 49.9 Å². The number of allylic oxidation sites excluding steroid dienone is 6. The third-order valence-electron chi connectivity index (χ3n) is 10.6. The van der Waals surface area contributed by atoms with E-state index in [0.29, 0.717) is 13.0 Å². The second-order valence-corrected chi connectivity index (χ2v) is 17.8. The summed E-state index contributed by atoms with van der Waals surface area (Å²) in [6, 6.07) is 0. The van der Waals surface area contributed by atoms with Gasteiger partial charge >= 0.3 is 13.8 Å². The van der Waals surface area contributed by atoms with Crippen molar-refractivity contribution in [2.75, 3.05) is 33.0 Å². The molecule has 3 N–H and O–H groups in total. The Morgan fingerprint density at radius 2 is 0.966 bits per heavy atom. The maximum absolute atomic E-state index is 12.6. The van der Waals surface area contributed by atoms with Crippen LogP contribution in [0.5, 0.6) is 0 Å². The molecule has 58 heavy (non-hydrogen) atoms. The average Bonchev–Trinajstić information content (AvgIpc) is 3.21. The van der Waals surface area contributed by atoms with Gasteiger partial charge in [0.05, 0.1) is 19.8 Å². The van der Waals surface area contributed by atoms with Crippen molar-refractivity contribution in [2.24, 2.45) is 5.73 Å². The van der Waals surface area contributed by atoms with Crippen molar-refractivity contribution in [3.05, 3.63) is 36.5 Å². The molecule has 9 heteroatoms. The minimum Gasteiger partial charge on any atom is -0.457 e. The molecule has 342 valence electrons. The van der Waals surface area contributed by atoms with Gasteiger partial charge in [-0.3, -0.25) is 13.8 Å². The summed E-state index contributed by atoms with van der Waals surface area (Å²) in [6.45, 7) is 4.83. The molecule has 0 aliphatic rings. The largest absolute Gasteiger partial charge is 0.472 e. The van der Waals surface area contributed by atoms with Crippen LogP contribution in [0.25, 0.3) is 0 Å². The lowest BCUT2D eigenvalue weighted by Gasteiger charge is -2.20. The van der Waals surface area contributed by atoms with Gasteiger partial charge in [0.2, 0.25) is 0 Å². The molecule has 0 aromatic rings. The average molecular weight is 840 g/mol. The summed E-state index contributed by atoms with van der Waals surface area (Å²) < 4.78 is 33.5. The Bertz CT molecular complexity index is 988. The van der Waals surface area contributed by atoms with E-state index in [4.69, 9.17) is 24.3 Å². The zero-order valence-corrected chi connectivity index (χ0v) is 38.9. The molecule has 0 fully saturated rings. The van der Waals surface area contributed by atoms with Crippen LogP contribution in [0.2, 0.25) is 0 Å². The fourth-order valence-corrected chi connectivity index (χ4v) is 7.78. The van der Waals surface area contributed by atoms with E-state index in [1.54, 1.807) is 0 Å². The summed E-state index contributed by atoms with van der Waals surface area (Å²) in [5.74, 6) is -0.344. The van der Waals surface area contributed by atoms with Crippen molar-refractivity contribution >= 4 is 13.8 Å². The Kier molecular flexibility index (Phi) is 45.7. The predicted octanol–water partition coefficient (Wildman–Crippen LogP) is 15.0. The lowest BCUT2D eigenvalue weighted by Crippen LogP contribution is -2.28. The number of rotatable bonds is 47. The first-order valence-corrected chi connectivity index (χ1v) is 26.0. The number of carbonyl (C=O) groups excluding carboxylic acids is 1. The van der Waals surface area contributed by atoms with Crippen LogP contribution >= 0.6 is 7.82 Å². The first-order chi connectivity index (χ1) is 28.4. The third kappa shape index (κ3) is 45.8. The molecule has 0 bridgehead atoms. The summed E-state index contributed by atoms with van der Waals surface area (Å²) in [6.07, 6.45) is 54.7. The molecule has 0 aromatic heterocycles. The highest BCUT2D eigenvalue weighted by molar-refractivity contribution is 7.47. The van der Waals surface area contributed by atoms with E-state index in [2.05, 4.69) is 50.3 Å². The van der Waals surface area contributed by atoms with E-state index < -0.39 is 13.9 Å². The fraction of sp³-hybridized carbons (Fsp3) is 0.857. The van der Waals surface area contributed by atoms with E-state index in [9.17, 15) is 14.3 Å². The minimum atomic E-state index is -4.28. The van der Waals surface area contributed by atoms with Crippen molar-refractivity contribution in [3.8, 4) is 0 Å². The number of esters is 1. The second-order valence-electron chi connectivity index (χ2n) is 16.3. The van der Waals surface area contributed by atoms with E-state index in [-0.39, 0.29) is 32.3 Å². The summed E-state index contributed by atoms with van der Waals surface area (Å²) >= 11 is 0. The first kappa shape index (κ1) is 56.7. The Morgan fingerprint density at radius 1 is 0.534 bits per heavy atom. The number of hydrogen-bond acceptors (Lipinski definition) is 7. The molecule has 0 spiro atoms. The van der Waals surface area contributed by atoms with Gasteiger partial charge in [-0.2, -0.15) is 0 Å². The normalized spacial score (nSPS) is 13.7. The lowest BCUT2D eigenvalue weighted by atomic mass is 10.0. The molecule has 8 nitrogen and oxygen atoms in total. The Hall–Kier alpha value is -1.28. The van der Waals surface area contributed by atoms with Gasteiger partial charge in [0, 0.05) is 19.6 Å². The SMILES string of the molecule is CC/C=C\C/C=C\C/C=C\CCCCCCCC(=O)OC(COCCCCCCCCCCCCCCCCCCCCCCCCCC)COP(=O)(O)OCCN. The number of unbranched alkanes of at least 4 members (excludes halogenated alkanes) is 28. The van der Waals surface area contributed by atoms with E-state index in [1.165, 1.54) is 141 Å². The molecular formula is C49H94NO7P. The fourth-order valence-electron chi connectivity index (χ4n) is 7.01. The van der Waals surface area contributed by atoms with Crippen LogP contribution in [-0.2, 0) is 27.9 Å². The van der Waals surface area contributed by atoms with Crippen molar-refractivity contribution in [1.82, 2.24) is 0 Å². The maximum atomic E-state index is 12.6. The number of carbonyl (C=O) groups is 1. The highest BCUT2D eigenvalue weighted by Crippen LogP contribution is 2.43. The Balaban J connectivity index is 3.90. The van der Waals surface area contributed by atoms with Crippen LogP contribution in [0.4, 0.5) is 0 Å². The second kappa shape index (κ2) is 46.8. The molecule has 0 rings (SSSR count). The van der Waals surface area contributed by atoms with Crippen LogP contribution < -0.4 is 5.73 Å². The molecule has 0 aromatic carbocycles. The van der Waals surface area contributed by atoms with Gasteiger partial charge in [0.15, 0.2) is 0 Å². The number of phosphoric acid groups is 1. The van der Waals surface area contributed by atoms with Gasteiger partial charge in [-0.1, -0.05) is 217 Å². The maximum Gasteiger partial charge on any atom is 0.472 e. The molecule has 0 radical (unpaired) electrons. The molecule has 2 unspecified atom stereocenters. The van der Waals surface area contributed by atoms with Crippen LogP contribution in [0.3, 0.4) is 0 Å². The van der Waals surface area contributed by atoms with E-state index >= 15 is 0 Å². The van der Waals surface area contributed by atoms with Gasteiger partial charge in [-0.15, -0.1) is 0 Å². The van der Waals surface area contributed by atoms with E-state index in [0.717, 1.165) is 70.6 Å². The van der Waals surface area contributed by atoms with Crippen molar-refractivity contribution < 1.29 is 32.8 Å². The smallest absolute Gasteiger partial charge is 0.457 e. The zero-order chi connectivity index (χ0) is 42.3. The number of hydrogen-bond donors (Lipinski definition) is 2. The summed E-state index contributed by atoms with van der Waals surface area (Å²) in [4.78, 5) is 22.5. The predicted molar refractivity (Wildman–Crippen MR) is 247 cm³/mol. The topological polar surface area (TPSA) is 117 Å². The molecule has 0 heterocycles.